The van der Waals surface area contributed by atoms with E-state index in [4.69, 9.17) is 4.74 Å². The predicted octanol–water partition coefficient (Wildman–Crippen LogP) is 3.80. The Bertz CT molecular complexity index is 711. The predicted molar refractivity (Wildman–Crippen MR) is 81.5 cm³/mol. The zero-order valence-electron chi connectivity index (χ0n) is 13.8. The number of aliphatic hydroxyl groups is 1. The first kappa shape index (κ1) is 19.0. The molecule has 1 aliphatic carbocycles. The summed E-state index contributed by atoms with van der Waals surface area (Å²) in [5.41, 5.74) is -4.27. The molecule has 0 bridgehead atoms. The lowest BCUT2D eigenvalue weighted by molar-refractivity contribution is -0.265. The second kappa shape index (κ2) is 5.91. The van der Waals surface area contributed by atoms with Crippen LogP contribution in [0.25, 0.3) is 0 Å². The number of fused-ring (bicyclic) bond motifs is 1. The number of amides is 2. The first-order valence-corrected chi connectivity index (χ1v) is 7.45. The van der Waals surface area contributed by atoms with Gasteiger partial charge < -0.3 is 14.9 Å². The fourth-order valence-electron chi connectivity index (χ4n) is 2.68. The lowest BCUT2D eigenvalue weighted by atomic mass is 9.95. The van der Waals surface area contributed by atoms with E-state index in [9.17, 15) is 33.0 Å². The second-order valence-electron chi connectivity index (χ2n) is 6.80. The van der Waals surface area contributed by atoms with Gasteiger partial charge in [0.05, 0.1) is 5.69 Å². The number of carbonyl (C=O) groups excluding carboxylic acids is 1. The third-order valence-corrected chi connectivity index (χ3v) is 3.79. The molecule has 1 aliphatic rings. The number of nitrogens with zero attached hydrogens (tertiary/aromatic N) is 1. The Morgan fingerprint density at radius 3 is 2.32 bits per heavy atom. The van der Waals surface area contributed by atoms with Gasteiger partial charge in [-0.25, -0.2) is 9.59 Å². The maximum atomic E-state index is 13.1. The van der Waals surface area contributed by atoms with Crippen LogP contribution in [0, 0.1) is 0 Å². The van der Waals surface area contributed by atoms with Crippen LogP contribution in [0.1, 0.15) is 38.3 Å². The summed E-state index contributed by atoms with van der Waals surface area (Å²) in [6, 6.07) is 3.18. The number of hydrogen-bond acceptors (Lipinski definition) is 4. The Labute approximate surface area is 141 Å². The summed E-state index contributed by atoms with van der Waals surface area (Å²) in [6.45, 7) is 4.66. The minimum absolute atomic E-state index is 0.0963. The number of benzene rings is 1. The number of aryl methyl sites for hydroxylation is 1. The van der Waals surface area contributed by atoms with Crippen LogP contribution in [0.2, 0.25) is 0 Å². The van der Waals surface area contributed by atoms with Gasteiger partial charge in [-0.1, -0.05) is 6.07 Å². The van der Waals surface area contributed by atoms with Gasteiger partial charge in [-0.05, 0) is 56.9 Å². The zero-order chi connectivity index (χ0) is 19.2. The number of carbonyl (C=O) groups is 2. The van der Waals surface area contributed by atoms with Gasteiger partial charge in [-0.3, -0.25) is 0 Å². The Morgan fingerprint density at radius 1 is 1.24 bits per heavy atom. The molecule has 0 heterocycles. The van der Waals surface area contributed by atoms with Crippen molar-refractivity contribution < 1.29 is 37.7 Å². The smallest absolute Gasteiger partial charge is 0.424 e. The van der Waals surface area contributed by atoms with Crippen LogP contribution in [0.15, 0.2) is 18.2 Å². The van der Waals surface area contributed by atoms with Crippen LogP contribution in [0.4, 0.5) is 28.4 Å². The molecular weight excluding hydrogens is 343 g/mol. The highest BCUT2D eigenvalue weighted by Gasteiger charge is 2.57. The van der Waals surface area contributed by atoms with Gasteiger partial charge in [0.25, 0.3) is 0 Å². The molecule has 25 heavy (non-hydrogen) atoms. The zero-order valence-corrected chi connectivity index (χ0v) is 13.8. The minimum atomic E-state index is -4.85. The van der Waals surface area contributed by atoms with Crippen molar-refractivity contribution in [3.63, 3.8) is 0 Å². The lowest BCUT2D eigenvalue weighted by Gasteiger charge is -2.27. The average molecular weight is 361 g/mol. The highest BCUT2D eigenvalue weighted by molar-refractivity contribution is 6.08. The van der Waals surface area contributed by atoms with E-state index in [2.05, 4.69) is 0 Å². The molecule has 0 radical (unpaired) electrons. The maximum absolute atomic E-state index is 13.1. The Balaban J connectivity index is 2.41. The normalized spacial score (nSPS) is 20.1. The molecular formula is C16H18F3NO5. The summed E-state index contributed by atoms with van der Waals surface area (Å²) < 4.78 is 44.3. The molecule has 0 fully saturated rings. The first-order valence-electron chi connectivity index (χ1n) is 7.45. The molecule has 0 aromatic heterocycles. The monoisotopic (exact) mass is 361 g/mol. The van der Waals surface area contributed by atoms with E-state index in [-0.39, 0.29) is 23.2 Å². The molecule has 1 aromatic rings. The average Bonchev–Trinajstić information content (AvgIpc) is 2.74. The van der Waals surface area contributed by atoms with Gasteiger partial charge in [0.2, 0.25) is 0 Å². The molecule has 1 aromatic carbocycles. The van der Waals surface area contributed by atoms with Gasteiger partial charge in [0, 0.05) is 0 Å². The van der Waals surface area contributed by atoms with Crippen LogP contribution in [0.3, 0.4) is 0 Å². The topological polar surface area (TPSA) is 87.1 Å². The molecule has 1 atom stereocenters. The number of carboxylic acid groups (broad SMARTS) is 1. The van der Waals surface area contributed by atoms with E-state index in [1.807, 2.05) is 0 Å². The van der Waals surface area contributed by atoms with E-state index in [1.165, 1.54) is 0 Å². The van der Waals surface area contributed by atoms with Crippen molar-refractivity contribution in [3.05, 3.63) is 29.3 Å². The number of halogens is 3. The van der Waals surface area contributed by atoms with Crippen molar-refractivity contribution in [1.29, 1.82) is 0 Å². The van der Waals surface area contributed by atoms with Crippen molar-refractivity contribution in [1.82, 2.24) is 0 Å². The lowest BCUT2D eigenvalue weighted by Crippen LogP contribution is -2.41. The standard InChI is InChI=1S/C16H18F3NO5/c1-14(2,3)25-13(23)20(12(21)22)10-4-5-11-9(8-10)6-7-15(11,24)16(17,18)19/h4-5,8,24H,6-7H2,1-3H3,(H,21,22). The van der Waals surface area contributed by atoms with E-state index in [0.717, 1.165) is 18.2 Å². The molecule has 0 saturated carbocycles. The highest BCUT2D eigenvalue weighted by Crippen LogP contribution is 2.48. The van der Waals surface area contributed by atoms with Crippen molar-refractivity contribution in [2.75, 3.05) is 4.90 Å². The Kier molecular flexibility index (Phi) is 4.50. The number of anilines is 1. The number of alkyl halides is 3. The summed E-state index contributed by atoms with van der Waals surface area (Å²) in [7, 11) is 0. The van der Waals surface area contributed by atoms with E-state index in [0.29, 0.717) is 4.90 Å². The molecule has 9 heteroatoms. The third-order valence-electron chi connectivity index (χ3n) is 3.79. The molecule has 6 nitrogen and oxygen atoms in total. The molecule has 0 aliphatic heterocycles. The van der Waals surface area contributed by atoms with Crippen LogP contribution in [0.5, 0.6) is 0 Å². The van der Waals surface area contributed by atoms with Gasteiger partial charge in [0.15, 0.2) is 5.60 Å². The summed E-state index contributed by atoms with van der Waals surface area (Å²) in [4.78, 5) is 23.8. The molecule has 0 spiro atoms. The molecule has 1 unspecified atom stereocenters. The molecule has 138 valence electrons. The minimum Gasteiger partial charge on any atom is -0.464 e. The van der Waals surface area contributed by atoms with Gasteiger partial charge in [0.1, 0.15) is 5.60 Å². The first-order chi connectivity index (χ1) is 11.3. The summed E-state index contributed by atoms with van der Waals surface area (Å²) >= 11 is 0. The van der Waals surface area contributed by atoms with Crippen LogP contribution in [-0.4, -0.2) is 34.2 Å². The van der Waals surface area contributed by atoms with Gasteiger partial charge in [-0.15, -0.1) is 0 Å². The number of ether oxygens (including phenoxy) is 1. The van der Waals surface area contributed by atoms with E-state index in [1.54, 1.807) is 20.8 Å². The van der Waals surface area contributed by atoms with Gasteiger partial charge in [-0.2, -0.15) is 18.1 Å². The van der Waals surface area contributed by atoms with Crippen molar-refractivity contribution in [3.8, 4) is 0 Å². The largest absolute Gasteiger partial charge is 0.464 e. The van der Waals surface area contributed by atoms with Crippen molar-refractivity contribution >= 4 is 17.9 Å². The highest BCUT2D eigenvalue weighted by atomic mass is 19.4. The Morgan fingerprint density at radius 2 is 1.84 bits per heavy atom. The van der Waals surface area contributed by atoms with E-state index < -0.39 is 36.0 Å². The van der Waals surface area contributed by atoms with Crippen LogP contribution < -0.4 is 4.90 Å². The third kappa shape index (κ3) is 3.55. The molecule has 2 amide bonds. The Hall–Kier alpha value is -2.29. The molecule has 2 rings (SSSR count). The van der Waals surface area contributed by atoms with Crippen molar-refractivity contribution in [2.24, 2.45) is 0 Å². The van der Waals surface area contributed by atoms with Crippen LogP contribution >= 0.6 is 0 Å². The SMILES string of the molecule is CC(C)(C)OC(=O)N(C(=O)O)c1ccc2c(c1)CCC2(O)C(F)(F)F. The quantitative estimate of drug-likeness (QED) is 0.794. The fourth-order valence-corrected chi connectivity index (χ4v) is 2.68. The maximum Gasteiger partial charge on any atom is 0.424 e. The van der Waals surface area contributed by atoms with E-state index >= 15 is 0 Å². The number of hydrogen-bond donors (Lipinski definition) is 2. The van der Waals surface area contributed by atoms with Crippen LogP contribution in [-0.2, 0) is 16.8 Å². The number of imide groups is 1. The summed E-state index contributed by atoms with van der Waals surface area (Å²) in [6.07, 6.45) is -8.30. The summed E-state index contributed by atoms with van der Waals surface area (Å²) in [5.74, 6) is 0. The summed E-state index contributed by atoms with van der Waals surface area (Å²) in [5, 5.41) is 19.2. The van der Waals surface area contributed by atoms with Crippen molar-refractivity contribution in [2.45, 2.75) is 51.0 Å². The second-order valence-corrected chi connectivity index (χ2v) is 6.80. The molecule has 2 N–H and O–H groups in total. The number of rotatable bonds is 1. The fraction of sp³-hybridized carbons (Fsp3) is 0.500. The van der Waals surface area contributed by atoms with Gasteiger partial charge >= 0.3 is 18.4 Å². The molecule has 0 saturated heterocycles.